The quantitative estimate of drug-likeness (QED) is 0.791. The first-order chi connectivity index (χ1) is 12.4. The van der Waals surface area contributed by atoms with E-state index in [1.807, 2.05) is 31.2 Å². The lowest BCUT2D eigenvalue weighted by Gasteiger charge is -2.31. The van der Waals surface area contributed by atoms with Crippen molar-refractivity contribution in [3.05, 3.63) is 34.9 Å². The summed E-state index contributed by atoms with van der Waals surface area (Å²) in [5.74, 6) is 0.00133. The fourth-order valence-corrected chi connectivity index (χ4v) is 3.20. The van der Waals surface area contributed by atoms with E-state index in [1.165, 1.54) is 0 Å². The van der Waals surface area contributed by atoms with Crippen molar-refractivity contribution in [3.63, 3.8) is 0 Å². The van der Waals surface area contributed by atoms with Crippen molar-refractivity contribution in [1.29, 1.82) is 0 Å². The van der Waals surface area contributed by atoms with Gasteiger partial charge in [-0.1, -0.05) is 44.5 Å². The molecule has 1 N–H and O–H groups in total. The van der Waals surface area contributed by atoms with Gasteiger partial charge in [0.1, 0.15) is 6.04 Å². The standard InChI is InChI=1S/C20H29ClN2O3/c1-14(2)12-18(20(25)23-8-10-26-11-9-23)22-19(24)15(3)13-16-4-6-17(21)7-5-16/h4-7,14-15,18H,8-13H2,1-3H3,(H,22,24)/t15?,18-/m1/s1. The fraction of sp³-hybridized carbons (Fsp3) is 0.600. The number of ether oxygens (including phenoxy) is 1. The second-order valence-corrected chi connectivity index (χ2v) is 7.80. The third kappa shape index (κ3) is 6.29. The molecule has 1 aromatic rings. The first-order valence-corrected chi connectivity index (χ1v) is 9.66. The molecular formula is C20H29ClN2O3. The number of morpholine rings is 1. The zero-order chi connectivity index (χ0) is 19.1. The molecule has 0 radical (unpaired) electrons. The molecule has 2 rings (SSSR count). The highest BCUT2D eigenvalue weighted by molar-refractivity contribution is 6.30. The van der Waals surface area contributed by atoms with E-state index in [2.05, 4.69) is 19.2 Å². The Morgan fingerprint density at radius 1 is 1.15 bits per heavy atom. The number of amides is 2. The van der Waals surface area contributed by atoms with Crippen molar-refractivity contribution in [2.45, 2.75) is 39.7 Å². The lowest BCUT2D eigenvalue weighted by Crippen LogP contribution is -2.53. The molecule has 26 heavy (non-hydrogen) atoms. The third-order valence-electron chi connectivity index (χ3n) is 4.55. The predicted molar refractivity (Wildman–Crippen MR) is 103 cm³/mol. The van der Waals surface area contributed by atoms with Crippen molar-refractivity contribution < 1.29 is 14.3 Å². The molecule has 0 aromatic heterocycles. The minimum atomic E-state index is -0.478. The van der Waals surface area contributed by atoms with Gasteiger partial charge in [0, 0.05) is 24.0 Å². The summed E-state index contributed by atoms with van der Waals surface area (Å²) in [6.07, 6.45) is 1.25. The first kappa shape index (κ1) is 20.7. The van der Waals surface area contributed by atoms with Crippen LogP contribution in [-0.2, 0) is 20.7 Å². The fourth-order valence-electron chi connectivity index (χ4n) is 3.08. The number of benzene rings is 1. The van der Waals surface area contributed by atoms with Crippen molar-refractivity contribution in [2.24, 2.45) is 11.8 Å². The molecule has 1 unspecified atom stereocenters. The van der Waals surface area contributed by atoms with Gasteiger partial charge in [-0.3, -0.25) is 9.59 Å². The highest BCUT2D eigenvalue weighted by Crippen LogP contribution is 2.15. The molecule has 1 heterocycles. The lowest BCUT2D eigenvalue weighted by atomic mass is 9.98. The summed E-state index contributed by atoms with van der Waals surface area (Å²) in [5, 5.41) is 3.66. The Balaban J connectivity index is 1.97. The monoisotopic (exact) mass is 380 g/mol. The number of halogens is 1. The summed E-state index contributed by atoms with van der Waals surface area (Å²) >= 11 is 5.91. The SMILES string of the molecule is CC(C)C[C@@H](NC(=O)C(C)Cc1ccc(Cl)cc1)C(=O)N1CCOCC1. The normalized spacial score (nSPS) is 17.0. The van der Waals surface area contributed by atoms with E-state index in [4.69, 9.17) is 16.3 Å². The minimum absolute atomic E-state index is 0.00552. The van der Waals surface area contributed by atoms with E-state index in [-0.39, 0.29) is 17.7 Å². The maximum Gasteiger partial charge on any atom is 0.245 e. The van der Waals surface area contributed by atoms with Gasteiger partial charge >= 0.3 is 0 Å². The van der Waals surface area contributed by atoms with Crippen LogP contribution in [0.5, 0.6) is 0 Å². The molecule has 0 spiro atoms. The number of nitrogens with one attached hydrogen (secondary N) is 1. The maximum atomic E-state index is 12.8. The molecule has 5 nitrogen and oxygen atoms in total. The number of hydrogen-bond donors (Lipinski definition) is 1. The van der Waals surface area contributed by atoms with Gasteiger partial charge in [-0.05, 0) is 36.5 Å². The first-order valence-electron chi connectivity index (χ1n) is 9.28. The predicted octanol–water partition coefficient (Wildman–Crippen LogP) is 2.91. The van der Waals surface area contributed by atoms with Gasteiger partial charge < -0.3 is 15.0 Å². The van der Waals surface area contributed by atoms with Gasteiger partial charge in [-0.25, -0.2) is 0 Å². The van der Waals surface area contributed by atoms with Crippen LogP contribution in [0.3, 0.4) is 0 Å². The van der Waals surface area contributed by atoms with E-state index < -0.39 is 6.04 Å². The summed E-state index contributed by atoms with van der Waals surface area (Å²) in [7, 11) is 0. The molecule has 6 heteroatoms. The van der Waals surface area contributed by atoms with E-state index in [1.54, 1.807) is 4.90 Å². The lowest BCUT2D eigenvalue weighted by molar-refractivity contribution is -0.141. The number of carbonyl (C=O) groups excluding carboxylic acids is 2. The van der Waals surface area contributed by atoms with Gasteiger partial charge in [-0.2, -0.15) is 0 Å². The zero-order valence-electron chi connectivity index (χ0n) is 15.8. The Hall–Kier alpha value is -1.59. The number of rotatable bonds is 7. The van der Waals surface area contributed by atoms with Crippen LogP contribution in [0.2, 0.25) is 5.02 Å². The van der Waals surface area contributed by atoms with Crippen LogP contribution < -0.4 is 5.32 Å². The maximum absolute atomic E-state index is 12.8. The Kier molecular flexibility index (Phi) is 7.91. The molecule has 0 bridgehead atoms. The van der Waals surface area contributed by atoms with Crippen LogP contribution in [0.1, 0.15) is 32.8 Å². The Bertz CT molecular complexity index is 598. The van der Waals surface area contributed by atoms with Crippen LogP contribution in [0.15, 0.2) is 24.3 Å². The summed E-state index contributed by atoms with van der Waals surface area (Å²) in [5.41, 5.74) is 1.05. The average Bonchev–Trinajstić information content (AvgIpc) is 2.62. The second kappa shape index (κ2) is 9.93. The summed E-state index contributed by atoms with van der Waals surface area (Å²) in [6.45, 7) is 8.29. The van der Waals surface area contributed by atoms with Crippen molar-refractivity contribution >= 4 is 23.4 Å². The number of carbonyl (C=O) groups is 2. The molecule has 1 aromatic carbocycles. The molecule has 1 saturated heterocycles. The molecule has 144 valence electrons. The van der Waals surface area contributed by atoms with Crippen LogP contribution in [-0.4, -0.2) is 49.1 Å². The van der Waals surface area contributed by atoms with E-state index >= 15 is 0 Å². The van der Waals surface area contributed by atoms with Gasteiger partial charge in [0.05, 0.1) is 13.2 Å². The third-order valence-corrected chi connectivity index (χ3v) is 4.80. The Morgan fingerprint density at radius 3 is 2.35 bits per heavy atom. The van der Waals surface area contributed by atoms with Gasteiger partial charge in [-0.15, -0.1) is 0 Å². The van der Waals surface area contributed by atoms with Crippen molar-refractivity contribution in [2.75, 3.05) is 26.3 Å². The van der Waals surface area contributed by atoms with Gasteiger partial charge in [0.25, 0.3) is 0 Å². The number of hydrogen-bond acceptors (Lipinski definition) is 3. The highest BCUT2D eigenvalue weighted by Gasteiger charge is 2.29. The second-order valence-electron chi connectivity index (χ2n) is 7.36. The molecule has 1 aliphatic rings. The summed E-state index contributed by atoms with van der Waals surface area (Å²) < 4.78 is 5.31. The Morgan fingerprint density at radius 2 is 1.77 bits per heavy atom. The topological polar surface area (TPSA) is 58.6 Å². The smallest absolute Gasteiger partial charge is 0.245 e. The molecule has 2 amide bonds. The average molecular weight is 381 g/mol. The highest BCUT2D eigenvalue weighted by atomic mass is 35.5. The molecule has 0 saturated carbocycles. The molecule has 1 fully saturated rings. The van der Waals surface area contributed by atoms with E-state index in [0.717, 1.165) is 5.56 Å². The zero-order valence-corrected chi connectivity index (χ0v) is 16.6. The summed E-state index contributed by atoms with van der Waals surface area (Å²) in [4.78, 5) is 27.3. The van der Waals surface area contributed by atoms with Crippen LogP contribution in [0.4, 0.5) is 0 Å². The minimum Gasteiger partial charge on any atom is -0.378 e. The van der Waals surface area contributed by atoms with Crippen LogP contribution in [0, 0.1) is 11.8 Å². The van der Waals surface area contributed by atoms with Crippen LogP contribution >= 0.6 is 11.6 Å². The molecule has 0 aliphatic carbocycles. The van der Waals surface area contributed by atoms with Gasteiger partial charge in [0.15, 0.2) is 0 Å². The largest absolute Gasteiger partial charge is 0.378 e. The van der Waals surface area contributed by atoms with Crippen molar-refractivity contribution in [3.8, 4) is 0 Å². The van der Waals surface area contributed by atoms with E-state index in [0.29, 0.717) is 50.1 Å². The number of nitrogens with zero attached hydrogens (tertiary/aromatic N) is 1. The van der Waals surface area contributed by atoms with Crippen molar-refractivity contribution in [1.82, 2.24) is 10.2 Å². The van der Waals surface area contributed by atoms with E-state index in [9.17, 15) is 9.59 Å². The Labute approximate surface area is 161 Å². The molecule has 2 atom stereocenters. The summed E-state index contributed by atoms with van der Waals surface area (Å²) in [6, 6.07) is 7.02. The molecule has 1 aliphatic heterocycles. The molecular weight excluding hydrogens is 352 g/mol. The van der Waals surface area contributed by atoms with Gasteiger partial charge in [0.2, 0.25) is 11.8 Å². The van der Waals surface area contributed by atoms with Crippen LogP contribution in [0.25, 0.3) is 0 Å².